The molecular weight excluding hydrogens is 150 g/mol. The second-order valence-electron chi connectivity index (χ2n) is 2.57. The molecule has 0 atom stereocenters. The summed E-state index contributed by atoms with van der Waals surface area (Å²) in [7, 11) is 0. The highest BCUT2D eigenvalue weighted by Crippen LogP contribution is 1.92. The highest BCUT2D eigenvalue weighted by Gasteiger charge is 1.98. The van der Waals surface area contributed by atoms with Crippen molar-refractivity contribution in [3.8, 4) is 11.8 Å². The first-order valence-electron chi connectivity index (χ1n) is 4.43. The van der Waals surface area contributed by atoms with Gasteiger partial charge in [0.15, 0.2) is 0 Å². The third kappa shape index (κ3) is 7.30. The highest BCUT2D eigenvalue weighted by atomic mass is 16.1. The average Bonchev–Trinajstić information content (AvgIpc) is 2.06. The molecule has 0 spiro atoms. The minimum atomic E-state index is 0.304. The molecule has 0 fully saturated rings. The summed E-state index contributed by atoms with van der Waals surface area (Å²) < 4.78 is 0. The maximum absolute atomic E-state index is 11.1. The topological polar surface area (TPSA) is 29.1 Å². The Labute approximate surface area is 74.7 Å². The smallest absolute Gasteiger partial charge is 0.135 e. The minimum absolute atomic E-state index is 0.304. The molecule has 0 amide bonds. The molecule has 1 N–H and O–H groups in total. The van der Waals surface area contributed by atoms with Gasteiger partial charge in [0.1, 0.15) is 5.78 Å². The van der Waals surface area contributed by atoms with Gasteiger partial charge in [-0.2, -0.15) is 0 Å². The van der Waals surface area contributed by atoms with Crippen molar-refractivity contribution < 1.29 is 4.79 Å². The van der Waals surface area contributed by atoms with Gasteiger partial charge in [0.05, 0.1) is 0 Å². The van der Waals surface area contributed by atoms with Crippen molar-refractivity contribution in [1.82, 2.24) is 5.32 Å². The number of carbonyl (C=O) groups is 1. The van der Waals surface area contributed by atoms with Crippen molar-refractivity contribution in [2.75, 3.05) is 13.1 Å². The predicted molar refractivity (Wildman–Crippen MR) is 50.9 cm³/mol. The van der Waals surface area contributed by atoms with Gasteiger partial charge in [0.25, 0.3) is 0 Å². The quantitative estimate of drug-likeness (QED) is 0.478. The van der Waals surface area contributed by atoms with Gasteiger partial charge in [-0.05, 0) is 13.5 Å². The Balaban J connectivity index is 3.25. The van der Waals surface area contributed by atoms with E-state index < -0.39 is 0 Å². The molecule has 68 valence electrons. The van der Waals surface area contributed by atoms with Crippen molar-refractivity contribution in [1.29, 1.82) is 0 Å². The molecule has 0 radical (unpaired) electrons. The lowest BCUT2D eigenvalue weighted by molar-refractivity contribution is -0.118. The molecular formula is C10H17NO. The summed E-state index contributed by atoms with van der Waals surface area (Å²) in [6, 6.07) is 0. The summed E-state index contributed by atoms with van der Waals surface area (Å²) >= 11 is 0. The molecule has 0 bridgehead atoms. The van der Waals surface area contributed by atoms with Crippen LogP contribution in [0.4, 0.5) is 0 Å². The minimum Gasteiger partial charge on any atom is -0.317 e. The van der Waals surface area contributed by atoms with Crippen LogP contribution >= 0.6 is 0 Å². The first-order chi connectivity index (χ1) is 5.81. The molecule has 0 aliphatic carbocycles. The molecule has 0 saturated heterocycles. The number of carbonyl (C=O) groups excluding carboxylic acids is 1. The monoisotopic (exact) mass is 167 g/mol. The average molecular weight is 167 g/mol. The zero-order valence-corrected chi connectivity index (χ0v) is 7.94. The van der Waals surface area contributed by atoms with Crippen LogP contribution in [-0.4, -0.2) is 18.9 Å². The number of rotatable bonds is 6. The zero-order chi connectivity index (χ0) is 9.23. The van der Waals surface area contributed by atoms with Crippen molar-refractivity contribution in [2.24, 2.45) is 0 Å². The molecule has 0 aromatic heterocycles. The fourth-order valence-electron chi connectivity index (χ4n) is 0.857. The van der Waals surface area contributed by atoms with E-state index in [1.54, 1.807) is 6.92 Å². The van der Waals surface area contributed by atoms with E-state index in [0.717, 1.165) is 13.1 Å². The fourth-order valence-corrected chi connectivity index (χ4v) is 0.857. The van der Waals surface area contributed by atoms with Gasteiger partial charge < -0.3 is 5.32 Å². The zero-order valence-electron chi connectivity index (χ0n) is 7.94. The van der Waals surface area contributed by atoms with E-state index >= 15 is 0 Å². The van der Waals surface area contributed by atoms with E-state index in [1.165, 1.54) is 0 Å². The summed E-state index contributed by atoms with van der Waals surface area (Å²) in [5.41, 5.74) is 0. The normalized spacial score (nSPS) is 8.83. The van der Waals surface area contributed by atoms with Crippen LogP contribution in [0.15, 0.2) is 0 Å². The lowest BCUT2D eigenvalue weighted by Crippen LogP contribution is -2.17. The fraction of sp³-hybridized carbons (Fsp3) is 0.700. The largest absolute Gasteiger partial charge is 0.317 e. The molecule has 12 heavy (non-hydrogen) atoms. The van der Waals surface area contributed by atoms with E-state index in [4.69, 9.17) is 0 Å². The summed E-state index contributed by atoms with van der Waals surface area (Å²) in [6.45, 7) is 5.56. The summed E-state index contributed by atoms with van der Waals surface area (Å²) in [4.78, 5) is 11.1. The number of ketones is 1. The molecule has 2 nitrogen and oxygen atoms in total. The predicted octanol–water partition coefficient (Wildman–Crippen LogP) is 1.36. The Morgan fingerprint density at radius 2 is 2.17 bits per heavy atom. The van der Waals surface area contributed by atoms with Crippen molar-refractivity contribution in [2.45, 2.75) is 33.1 Å². The van der Waals surface area contributed by atoms with Crippen LogP contribution < -0.4 is 5.32 Å². The van der Waals surface area contributed by atoms with Gasteiger partial charge in [0.2, 0.25) is 0 Å². The van der Waals surface area contributed by atoms with E-state index in [-0.39, 0.29) is 0 Å². The SMILES string of the molecule is CC#CCCC(=O)CCNCC. The van der Waals surface area contributed by atoms with Crippen molar-refractivity contribution >= 4 is 5.78 Å². The second kappa shape index (κ2) is 8.29. The number of Topliss-reactive ketones (excluding diaryl/α,β-unsaturated/α-hetero) is 1. The van der Waals surface area contributed by atoms with E-state index in [1.807, 2.05) is 6.92 Å². The number of nitrogens with one attached hydrogen (secondary N) is 1. The highest BCUT2D eigenvalue weighted by molar-refractivity contribution is 5.78. The summed E-state index contributed by atoms with van der Waals surface area (Å²) in [6.07, 6.45) is 1.95. The van der Waals surface area contributed by atoms with Gasteiger partial charge in [-0.15, -0.1) is 11.8 Å². The van der Waals surface area contributed by atoms with Gasteiger partial charge >= 0.3 is 0 Å². The van der Waals surface area contributed by atoms with Crippen LogP contribution in [0.2, 0.25) is 0 Å². The van der Waals surface area contributed by atoms with E-state index in [0.29, 0.717) is 25.0 Å². The van der Waals surface area contributed by atoms with E-state index in [2.05, 4.69) is 17.2 Å². The van der Waals surface area contributed by atoms with Crippen LogP contribution in [0.3, 0.4) is 0 Å². The van der Waals surface area contributed by atoms with Gasteiger partial charge in [-0.1, -0.05) is 6.92 Å². The van der Waals surface area contributed by atoms with Gasteiger partial charge in [0, 0.05) is 25.8 Å². The molecule has 0 rings (SSSR count). The Bertz CT molecular complexity index is 176. The van der Waals surface area contributed by atoms with Crippen molar-refractivity contribution in [3.63, 3.8) is 0 Å². The second-order valence-corrected chi connectivity index (χ2v) is 2.57. The molecule has 0 aliphatic rings. The molecule has 0 aromatic carbocycles. The summed E-state index contributed by atoms with van der Waals surface area (Å²) in [5, 5.41) is 3.11. The third-order valence-electron chi connectivity index (χ3n) is 1.54. The number of hydrogen-bond acceptors (Lipinski definition) is 2. The molecule has 0 aliphatic heterocycles. The van der Waals surface area contributed by atoms with Crippen LogP contribution in [0.25, 0.3) is 0 Å². The third-order valence-corrected chi connectivity index (χ3v) is 1.54. The van der Waals surface area contributed by atoms with Crippen LogP contribution in [-0.2, 0) is 4.79 Å². The first-order valence-corrected chi connectivity index (χ1v) is 4.43. The maximum atomic E-state index is 11.1. The van der Waals surface area contributed by atoms with Crippen LogP contribution in [0, 0.1) is 11.8 Å². The molecule has 2 heteroatoms. The lowest BCUT2D eigenvalue weighted by atomic mass is 10.2. The van der Waals surface area contributed by atoms with Crippen molar-refractivity contribution in [3.05, 3.63) is 0 Å². The molecule has 0 saturated carbocycles. The Morgan fingerprint density at radius 1 is 1.42 bits per heavy atom. The first kappa shape index (κ1) is 11.2. The molecule has 0 unspecified atom stereocenters. The number of hydrogen-bond donors (Lipinski definition) is 1. The standard InChI is InChI=1S/C10H17NO/c1-3-5-6-7-10(12)8-9-11-4-2/h11H,4,6-9H2,1-2H3. The Morgan fingerprint density at radius 3 is 2.75 bits per heavy atom. The Kier molecular flexibility index (Phi) is 7.73. The molecule has 0 heterocycles. The lowest BCUT2D eigenvalue weighted by Gasteiger charge is -1.98. The Hall–Kier alpha value is -0.810. The summed E-state index contributed by atoms with van der Waals surface area (Å²) in [5.74, 6) is 5.96. The van der Waals surface area contributed by atoms with E-state index in [9.17, 15) is 4.79 Å². The van der Waals surface area contributed by atoms with Crippen LogP contribution in [0.5, 0.6) is 0 Å². The van der Waals surface area contributed by atoms with Gasteiger partial charge in [-0.25, -0.2) is 0 Å². The van der Waals surface area contributed by atoms with Gasteiger partial charge in [-0.3, -0.25) is 4.79 Å². The molecule has 0 aromatic rings. The maximum Gasteiger partial charge on any atom is 0.135 e. The van der Waals surface area contributed by atoms with Crippen LogP contribution in [0.1, 0.15) is 33.1 Å².